The zero-order valence-electron chi connectivity index (χ0n) is 16.8. The molecule has 1 amide bonds. The molecule has 1 saturated heterocycles. The van der Waals surface area contributed by atoms with Crippen LogP contribution in [-0.4, -0.2) is 50.0 Å². The first kappa shape index (κ1) is 24.6. The molecule has 8 heteroatoms. The van der Waals surface area contributed by atoms with E-state index in [4.69, 9.17) is 4.99 Å². The van der Waals surface area contributed by atoms with E-state index in [1.807, 2.05) is 13.8 Å². The van der Waals surface area contributed by atoms with Gasteiger partial charge in [-0.15, -0.1) is 24.0 Å². The van der Waals surface area contributed by atoms with Gasteiger partial charge in [-0.1, -0.05) is 13.0 Å². The van der Waals surface area contributed by atoms with Crippen molar-refractivity contribution in [1.29, 1.82) is 0 Å². The second-order valence-electron chi connectivity index (χ2n) is 7.08. The molecule has 28 heavy (non-hydrogen) atoms. The fraction of sp³-hybridized carbons (Fsp3) is 0.600. The molecule has 1 aliphatic heterocycles. The molecule has 2 rings (SSSR count). The molecule has 0 radical (unpaired) electrons. The Labute approximate surface area is 183 Å². The van der Waals surface area contributed by atoms with Crippen molar-refractivity contribution in [1.82, 2.24) is 15.5 Å². The highest BCUT2D eigenvalue weighted by Gasteiger charge is 2.23. The normalized spacial score (nSPS) is 16.3. The number of likely N-dealkylation sites (tertiary alicyclic amines) is 1. The summed E-state index contributed by atoms with van der Waals surface area (Å²) in [6.45, 7) is 6.93. The summed E-state index contributed by atoms with van der Waals surface area (Å²) in [5.41, 5.74) is 0.734. The molecule has 1 aromatic rings. The molecule has 0 bridgehead atoms. The Hall–Kier alpha value is -1.45. The van der Waals surface area contributed by atoms with Crippen molar-refractivity contribution in [3.05, 3.63) is 35.4 Å². The van der Waals surface area contributed by atoms with Crippen molar-refractivity contribution in [3.63, 3.8) is 0 Å². The summed E-state index contributed by atoms with van der Waals surface area (Å²) in [5, 5.41) is 5.99. The number of aliphatic imine (C=N–C) groups is 1. The lowest BCUT2D eigenvalue weighted by molar-refractivity contribution is -0.121. The third-order valence-electron chi connectivity index (χ3n) is 5.03. The lowest BCUT2D eigenvalue weighted by Crippen LogP contribution is -2.46. The molecule has 1 aliphatic rings. The van der Waals surface area contributed by atoms with E-state index >= 15 is 0 Å². The van der Waals surface area contributed by atoms with Gasteiger partial charge in [0, 0.05) is 45.6 Å². The Morgan fingerprint density at radius 3 is 2.54 bits per heavy atom. The Morgan fingerprint density at radius 2 is 1.96 bits per heavy atom. The summed E-state index contributed by atoms with van der Waals surface area (Å²) in [6.07, 6.45) is 2.48. The maximum Gasteiger partial charge on any atom is 0.220 e. The summed E-state index contributed by atoms with van der Waals surface area (Å²) >= 11 is 0. The lowest BCUT2D eigenvalue weighted by Gasteiger charge is -2.34. The number of hydrogen-bond acceptors (Lipinski definition) is 2. The number of hydrogen-bond donors (Lipinski definition) is 2. The van der Waals surface area contributed by atoms with Gasteiger partial charge in [-0.3, -0.25) is 9.79 Å². The van der Waals surface area contributed by atoms with E-state index in [0.717, 1.165) is 50.1 Å². The van der Waals surface area contributed by atoms with E-state index in [0.29, 0.717) is 18.9 Å². The molecule has 2 N–H and O–H groups in total. The molecular weight excluding hydrogens is 477 g/mol. The molecule has 1 heterocycles. The van der Waals surface area contributed by atoms with Crippen LogP contribution in [0.1, 0.15) is 44.6 Å². The number of carbonyl (C=O) groups is 1. The summed E-state index contributed by atoms with van der Waals surface area (Å²) in [4.78, 5) is 18.5. The molecule has 5 nitrogen and oxygen atoms in total. The van der Waals surface area contributed by atoms with Gasteiger partial charge >= 0.3 is 0 Å². The van der Waals surface area contributed by atoms with Crippen LogP contribution in [0.5, 0.6) is 0 Å². The number of nitrogens with zero attached hydrogens (tertiary/aromatic N) is 2. The molecule has 1 fully saturated rings. The van der Waals surface area contributed by atoms with Gasteiger partial charge < -0.3 is 15.5 Å². The van der Waals surface area contributed by atoms with Crippen molar-refractivity contribution in [2.24, 2.45) is 10.9 Å². The first-order valence-corrected chi connectivity index (χ1v) is 9.63. The second-order valence-corrected chi connectivity index (χ2v) is 7.08. The maximum atomic E-state index is 13.4. The minimum absolute atomic E-state index is 0. The van der Waals surface area contributed by atoms with E-state index in [1.54, 1.807) is 13.1 Å². The van der Waals surface area contributed by atoms with Crippen LogP contribution in [0.25, 0.3) is 0 Å². The first-order chi connectivity index (χ1) is 12.9. The van der Waals surface area contributed by atoms with E-state index in [1.165, 1.54) is 6.07 Å². The Kier molecular flexibility index (Phi) is 10.7. The standard InChI is InChI=1S/C20H30F2N4O.HI/c1-4-24-20(26-9-7-15(8-10-26)11-19(27)23-3)25-13-14(2)16-5-6-17(21)18(22)12-16;/h5-6,12,14-15H,4,7-11,13H2,1-3H3,(H,23,27)(H,24,25);1H. The predicted octanol–water partition coefficient (Wildman–Crippen LogP) is 3.50. The summed E-state index contributed by atoms with van der Waals surface area (Å²) in [6, 6.07) is 4.01. The fourth-order valence-electron chi connectivity index (χ4n) is 3.29. The van der Waals surface area contributed by atoms with E-state index in [2.05, 4.69) is 15.5 Å². The van der Waals surface area contributed by atoms with Crippen molar-refractivity contribution in [3.8, 4) is 0 Å². The van der Waals surface area contributed by atoms with Gasteiger partial charge in [-0.05, 0) is 43.4 Å². The summed E-state index contributed by atoms with van der Waals surface area (Å²) < 4.78 is 26.6. The van der Waals surface area contributed by atoms with Crippen LogP contribution in [-0.2, 0) is 4.79 Å². The molecule has 1 aromatic carbocycles. The molecule has 158 valence electrons. The number of piperidine rings is 1. The number of benzene rings is 1. The number of amides is 1. The van der Waals surface area contributed by atoms with Crippen molar-refractivity contribution in [2.75, 3.05) is 33.2 Å². The van der Waals surface area contributed by atoms with Crippen LogP contribution in [0.4, 0.5) is 8.78 Å². The topological polar surface area (TPSA) is 56.7 Å². The Bertz CT molecular complexity index is 664. The quantitative estimate of drug-likeness (QED) is 0.352. The molecular formula is C20H31F2IN4O. The largest absolute Gasteiger partial charge is 0.359 e. The van der Waals surface area contributed by atoms with Crippen molar-refractivity contribution >= 4 is 35.8 Å². The van der Waals surface area contributed by atoms with Crippen LogP contribution < -0.4 is 10.6 Å². The van der Waals surface area contributed by atoms with E-state index in [9.17, 15) is 13.6 Å². The number of carbonyl (C=O) groups excluding carboxylic acids is 1. The number of guanidine groups is 1. The van der Waals surface area contributed by atoms with Gasteiger partial charge in [0.05, 0.1) is 0 Å². The molecule has 0 saturated carbocycles. The highest BCUT2D eigenvalue weighted by Crippen LogP contribution is 2.21. The van der Waals surface area contributed by atoms with E-state index < -0.39 is 11.6 Å². The Balaban J connectivity index is 0.00000392. The number of rotatable bonds is 6. The van der Waals surface area contributed by atoms with Crippen LogP contribution in [0, 0.1) is 17.6 Å². The third kappa shape index (κ3) is 7.18. The molecule has 0 aromatic heterocycles. The zero-order valence-corrected chi connectivity index (χ0v) is 19.1. The average molecular weight is 508 g/mol. The van der Waals surface area contributed by atoms with Gasteiger partial charge in [-0.2, -0.15) is 0 Å². The van der Waals surface area contributed by atoms with Gasteiger partial charge in [-0.25, -0.2) is 8.78 Å². The van der Waals surface area contributed by atoms with Crippen LogP contribution in [0.2, 0.25) is 0 Å². The van der Waals surface area contributed by atoms with Crippen LogP contribution in [0.15, 0.2) is 23.2 Å². The Morgan fingerprint density at radius 1 is 1.29 bits per heavy atom. The van der Waals surface area contributed by atoms with Crippen molar-refractivity contribution in [2.45, 2.75) is 39.0 Å². The predicted molar refractivity (Wildman–Crippen MR) is 119 cm³/mol. The summed E-state index contributed by atoms with van der Waals surface area (Å²) in [7, 11) is 1.67. The van der Waals surface area contributed by atoms with Gasteiger partial charge in [0.15, 0.2) is 17.6 Å². The molecule has 0 spiro atoms. The SMILES string of the molecule is CCNC(=NCC(C)c1ccc(F)c(F)c1)N1CCC(CC(=O)NC)CC1.I. The first-order valence-electron chi connectivity index (χ1n) is 9.63. The summed E-state index contributed by atoms with van der Waals surface area (Å²) in [5.74, 6) is -0.333. The van der Waals surface area contributed by atoms with Gasteiger partial charge in [0.1, 0.15) is 0 Å². The van der Waals surface area contributed by atoms with Crippen LogP contribution in [0.3, 0.4) is 0 Å². The van der Waals surface area contributed by atoms with E-state index in [-0.39, 0.29) is 35.8 Å². The second kappa shape index (κ2) is 12.2. The number of halogens is 3. The molecule has 1 unspecified atom stereocenters. The average Bonchev–Trinajstić information content (AvgIpc) is 2.67. The zero-order chi connectivity index (χ0) is 19.8. The smallest absolute Gasteiger partial charge is 0.220 e. The van der Waals surface area contributed by atoms with Crippen LogP contribution >= 0.6 is 24.0 Å². The number of nitrogens with one attached hydrogen (secondary N) is 2. The molecule has 0 aliphatic carbocycles. The third-order valence-corrected chi connectivity index (χ3v) is 5.03. The monoisotopic (exact) mass is 508 g/mol. The minimum Gasteiger partial charge on any atom is -0.359 e. The minimum atomic E-state index is -0.831. The lowest BCUT2D eigenvalue weighted by atomic mass is 9.93. The fourth-order valence-corrected chi connectivity index (χ4v) is 3.29. The van der Waals surface area contributed by atoms with Crippen molar-refractivity contribution < 1.29 is 13.6 Å². The molecule has 1 atom stereocenters. The van der Waals surface area contributed by atoms with Gasteiger partial charge in [0.2, 0.25) is 5.91 Å². The van der Waals surface area contributed by atoms with Gasteiger partial charge in [0.25, 0.3) is 0 Å². The maximum absolute atomic E-state index is 13.4. The highest BCUT2D eigenvalue weighted by molar-refractivity contribution is 14.0. The highest BCUT2D eigenvalue weighted by atomic mass is 127.